The SMILES string of the molecule is CCCCNC(=NC)NCc1nnc2n1CCCCC2.I. The molecule has 2 heterocycles. The summed E-state index contributed by atoms with van der Waals surface area (Å²) in [4.78, 5) is 4.23. The largest absolute Gasteiger partial charge is 0.356 e. The van der Waals surface area contributed by atoms with E-state index in [-0.39, 0.29) is 24.0 Å². The van der Waals surface area contributed by atoms with Gasteiger partial charge in [-0.15, -0.1) is 34.2 Å². The average Bonchev–Trinajstić information content (AvgIpc) is 2.70. The number of aromatic nitrogens is 3. The third-order valence-electron chi connectivity index (χ3n) is 3.65. The van der Waals surface area contributed by atoms with Crippen LogP contribution in [0.15, 0.2) is 4.99 Å². The van der Waals surface area contributed by atoms with E-state index in [1.807, 2.05) is 0 Å². The molecule has 120 valence electrons. The van der Waals surface area contributed by atoms with Crippen LogP contribution < -0.4 is 10.6 Å². The molecular formula is C14H27IN6. The lowest BCUT2D eigenvalue weighted by Crippen LogP contribution is -2.37. The summed E-state index contributed by atoms with van der Waals surface area (Å²) >= 11 is 0. The molecule has 0 spiro atoms. The summed E-state index contributed by atoms with van der Waals surface area (Å²) in [6.07, 6.45) is 7.13. The fourth-order valence-electron chi connectivity index (χ4n) is 2.44. The number of unbranched alkanes of at least 4 members (excludes halogenated alkanes) is 1. The number of aliphatic imine (C=N–C) groups is 1. The molecule has 0 bridgehead atoms. The molecule has 2 rings (SSSR count). The monoisotopic (exact) mass is 406 g/mol. The maximum Gasteiger partial charge on any atom is 0.191 e. The van der Waals surface area contributed by atoms with E-state index in [2.05, 4.69) is 37.3 Å². The van der Waals surface area contributed by atoms with Crippen molar-refractivity contribution in [3.8, 4) is 0 Å². The molecule has 1 aliphatic heterocycles. The van der Waals surface area contributed by atoms with Crippen molar-refractivity contribution in [1.82, 2.24) is 25.4 Å². The van der Waals surface area contributed by atoms with E-state index >= 15 is 0 Å². The van der Waals surface area contributed by atoms with Crippen LogP contribution in [0.1, 0.15) is 50.7 Å². The molecule has 1 aliphatic rings. The van der Waals surface area contributed by atoms with Crippen molar-refractivity contribution in [2.45, 2.75) is 58.5 Å². The van der Waals surface area contributed by atoms with Crippen LogP contribution in [0.3, 0.4) is 0 Å². The van der Waals surface area contributed by atoms with Crippen molar-refractivity contribution in [3.63, 3.8) is 0 Å². The zero-order valence-electron chi connectivity index (χ0n) is 13.1. The Kier molecular flexibility index (Phi) is 8.63. The zero-order chi connectivity index (χ0) is 14.2. The van der Waals surface area contributed by atoms with Gasteiger partial charge in [0.2, 0.25) is 0 Å². The van der Waals surface area contributed by atoms with Gasteiger partial charge in [-0.25, -0.2) is 0 Å². The summed E-state index contributed by atoms with van der Waals surface area (Å²) in [7, 11) is 1.80. The Bertz CT molecular complexity index is 443. The van der Waals surface area contributed by atoms with Crippen molar-refractivity contribution < 1.29 is 0 Å². The molecule has 7 heteroatoms. The van der Waals surface area contributed by atoms with Crippen LogP contribution >= 0.6 is 24.0 Å². The van der Waals surface area contributed by atoms with Crippen LogP contribution in [0, 0.1) is 0 Å². The summed E-state index contributed by atoms with van der Waals surface area (Å²) in [5.74, 6) is 2.98. The van der Waals surface area contributed by atoms with Gasteiger partial charge in [0.1, 0.15) is 5.82 Å². The van der Waals surface area contributed by atoms with E-state index in [1.165, 1.54) is 25.7 Å². The fraction of sp³-hybridized carbons (Fsp3) is 0.786. The normalized spacial score (nSPS) is 14.9. The lowest BCUT2D eigenvalue weighted by molar-refractivity contribution is 0.596. The van der Waals surface area contributed by atoms with Gasteiger partial charge in [-0.1, -0.05) is 19.8 Å². The molecule has 6 nitrogen and oxygen atoms in total. The number of rotatable bonds is 5. The van der Waals surface area contributed by atoms with Crippen LogP contribution in [0.2, 0.25) is 0 Å². The number of hydrogen-bond acceptors (Lipinski definition) is 3. The van der Waals surface area contributed by atoms with Crippen molar-refractivity contribution in [2.24, 2.45) is 4.99 Å². The number of nitrogens with zero attached hydrogens (tertiary/aromatic N) is 4. The van der Waals surface area contributed by atoms with Gasteiger partial charge in [0.25, 0.3) is 0 Å². The molecule has 0 aromatic carbocycles. The standard InChI is InChI=1S/C14H26N6.HI/c1-3-4-9-16-14(15-2)17-11-13-19-18-12-8-6-5-7-10-20(12)13;/h3-11H2,1-2H3,(H2,15,16,17);1H. The molecule has 0 saturated heterocycles. The second-order valence-electron chi connectivity index (χ2n) is 5.20. The molecule has 0 radical (unpaired) electrons. The minimum atomic E-state index is 0. The first kappa shape index (κ1) is 18.2. The topological polar surface area (TPSA) is 67.1 Å². The zero-order valence-corrected chi connectivity index (χ0v) is 15.4. The summed E-state index contributed by atoms with van der Waals surface area (Å²) < 4.78 is 2.26. The van der Waals surface area contributed by atoms with Crippen molar-refractivity contribution in [3.05, 3.63) is 11.6 Å². The van der Waals surface area contributed by atoms with Gasteiger partial charge in [-0.05, 0) is 19.3 Å². The number of fused-ring (bicyclic) bond motifs is 1. The Hall–Kier alpha value is -0.860. The second-order valence-corrected chi connectivity index (χ2v) is 5.20. The molecule has 1 aromatic heterocycles. The predicted octanol–water partition coefficient (Wildman–Crippen LogP) is 2.09. The van der Waals surface area contributed by atoms with Gasteiger partial charge in [-0.2, -0.15) is 0 Å². The van der Waals surface area contributed by atoms with Crippen molar-refractivity contribution in [1.29, 1.82) is 0 Å². The van der Waals surface area contributed by atoms with Gasteiger partial charge < -0.3 is 15.2 Å². The van der Waals surface area contributed by atoms with Gasteiger partial charge in [-0.3, -0.25) is 4.99 Å². The summed E-state index contributed by atoms with van der Waals surface area (Å²) in [5.41, 5.74) is 0. The third kappa shape index (κ3) is 5.44. The van der Waals surface area contributed by atoms with E-state index in [9.17, 15) is 0 Å². The summed E-state index contributed by atoms with van der Waals surface area (Å²) in [6.45, 7) is 4.86. The van der Waals surface area contributed by atoms with Crippen LogP contribution in [-0.4, -0.2) is 34.3 Å². The molecule has 0 aliphatic carbocycles. The van der Waals surface area contributed by atoms with Gasteiger partial charge in [0, 0.05) is 26.6 Å². The van der Waals surface area contributed by atoms with Crippen LogP contribution in [-0.2, 0) is 19.5 Å². The van der Waals surface area contributed by atoms with Gasteiger partial charge in [0.15, 0.2) is 11.8 Å². The number of aryl methyl sites for hydroxylation is 1. The van der Waals surface area contributed by atoms with Crippen LogP contribution in [0.25, 0.3) is 0 Å². The van der Waals surface area contributed by atoms with Crippen molar-refractivity contribution in [2.75, 3.05) is 13.6 Å². The van der Waals surface area contributed by atoms with E-state index in [0.717, 1.165) is 43.5 Å². The number of hydrogen-bond donors (Lipinski definition) is 2. The Morgan fingerprint density at radius 1 is 1.24 bits per heavy atom. The molecule has 1 aromatic rings. The first-order chi connectivity index (χ1) is 9.85. The Morgan fingerprint density at radius 2 is 2.10 bits per heavy atom. The molecule has 21 heavy (non-hydrogen) atoms. The number of guanidine groups is 1. The first-order valence-electron chi connectivity index (χ1n) is 7.70. The minimum Gasteiger partial charge on any atom is -0.356 e. The van der Waals surface area contributed by atoms with Gasteiger partial charge in [0.05, 0.1) is 6.54 Å². The van der Waals surface area contributed by atoms with Crippen LogP contribution in [0.4, 0.5) is 0 Å². The highest BCUT2D eigenvalue weighted by molar-refractivity contribution is 14.0. The fourth-order valence-corrected chi connectivity index (χ4v) is 2.44. The smallest absolute Gasteiger partial charge is 0.191 e. The highest BCUT2D eigenvalue weighted by atomic mass is 127. The molecule has 0 fully saturated rings. The maximum atomic E-state index is 4.31. The van der Waals surface area contributed by atoms with E-state index in [0.29, 0.717) is 6.54 Å². The third-order valence-corrected chi connectivity index (χ3v) is 3.65. The maximum absolute atomic E-state index is 4.31. The van der Waals surface area contributed by atoms with E-state index in [4.69, 9.17) is 0 Å². The Morgan fingerprint density at radius 3 is 2.86 bits per heavy atom. The van der Waals surface area contributed by atoms with E-state index in [1.54, 1.807) is 7.05 Å². The van der Waals surface area contributed by atoms with Gasteiger partial charge >= 0.3 is 0 Å². The quantitative estimate of drug-likeness (QED) is 0.340. The molecule has 0 unspecified atom stereocenters. The summed E-state index contributed by atoms with van der Waals surface area (Å²) in [6, 6.07) is 0. The number of halogens is 1. The Labute approximate surface area is 144 Å². The highest BCUT2D eigenvalue weighted by Crippen LogP contribution is 2.14. The highest BCUT2D eigenvalue weighted by Gasteiger charge is 2.14. The number of nitrogens with one attached hydrogen (secondary N) is 2. The predicted molar refractivity (Wildman–Crippen MR) is 96.1 cm³/mol. The summed E-state index contributed by atoms with van der Waals surface area (Å²) in [5, 5.41) is 15.2. The molecule has 0 amide bonds. The van der Waals surface area contributed by atoms with Crippen molar-refractivity contribution >= 4 is 29.9 Å². The lowest BCUT2D eigenvalue weighted by Gasteiger charge is -2.12. The molecular weight excluding hydrogens is 379 g/mol. The average molecular weight is 406 g/mol. The lowest BCUT2D eigenvalue weighted by atomic mass is 10.2. The minimum absolute atomic E-state index is 0. The first-order valence-corrected chi connectivity index (χ1v) is 7.70. The molecule has 0 saturated carbocycles. The van der Waals surface area contributed by atoms with Crippen LogP contribution in [0.5, 0.6) is 0 Å². The molecule has 2 N–H and O–H groups in total. The Balaban J connectivity index is 0.00000220. The second kappa shape index (κ2) is 9.97. The van der Waals surface area contributed by atoms with E-state index < -0.39 is 0 Å². The molecule has 0 atom stereocenters.